The molecular weight excluding hydrogens is 278 g/mol. The number of anilines is 2. The summed E-state index contributed by atoms with van der Waals surface area (Å²) >= 11 is 0. The van der Waals surface area contributed by atoms with E-state index in [1.807, 2.05) is 54.6 Å². The average Bonchev–Trinajstić information content (AvgIpc) is 2.54. The zero-order valence-corrected chi connectivity index (χ0v) is 12.0. The average molecular weight is 295 g/mol. The number of nitrogens with two attached hydrogens (primary N) is 1. The van der Waals surface area contributed by atoms with Gasteiger partial charge in [0.15, 0.2) is 0 Å². The predicted octanol–water partition coefficient (Wildman–Crippen LogP) is 2.06. The molecule has 0 bridgehead atoms. The van der Waals surface area contributed by atoms with Crippen molar-refractivity contribution < 1.29 is 9.59 Å². The molecule has 5 heteroatoms. The van der Waals surface area contributed by atoms with Crippen molar-refractivity contribution >= 4 is 23.2 Å². The van der Waals surface area contributed by atoms with Crippen LogP contribution in [0.4, 0.5) is 11.4 Å². The van der Waals surface area contributed by atoms with E-state index in [-0.39, 0.29) is 18.9 Å². The second kappa shape index (κ2) is 5.89. The number of carbonyl (C=O) groups excluding carboxylic acids is 2. The highest BCUT2D eigenvalue weighted by atomic mass is 16.2. The van der Waals surface area contributed by atoms with Gasteiger partial charge < -0.3 is 16.0 Å². The van der Waals surface area contributed by atoms with Crippen LogP contribution >= 0.6 is 0 Å². The Kier molecular flexibility index (Phi) is 3.78. The lowest BCUT2D eigenvalue weighted by atomic mass is 10.0. The maximum atomic E-state index is 12.8. The Bertz CT molecular complexity index is 700. The Morgan fingerprint density at radius 3 is 2.50 bits per heavy atom. The number of nitrogens with one attached hydrogen (secondary N) is 1. The smallest absolute Gasteiger partial charge is 0.254 e. The van der Waals surface area contributed by atoms with Gasteiger partial charge in [-0.15, -0.1) is 0 Å². The SMILES string of the molecule is NC(=O)CCN1C(=O)C(c2ccccc2)Nc2ccccc21. The molecule has 5 nitrogen and oxygen atoms in total. The number of carbonyl (C=O) groups is 2. The third-order valence-corrected chi connectivity index (χ3v) is 3.72. The minimum Gasteiger partial charge on any atom is -0.370 e. The van der Waals surface area contributed by atoms with Crippen LogP contribution in [0.2, 0.25) is 0 Å². The van der Waals surface area contributed by atoms with Gasteiger partial charge >= 0.3 is 0 Å². The van der Waals surface area contributed by atoms with Crippen molar-refractivity contribution in [2.75, 3.05) is 16.8 Å². The Morgan fingerprint density at radius 1 is 1.09 bits per heavy atom. The molecule has 2 aromatic rings. The van der Waals surface area contributed by atoms with Gasteiger partial charge in [0.1, 0.15) is 6.04 Å². The van der Waals surface area contributed by atoms with Gasteiger partial charge in [-0.25, -0.2) is 0 Å². The van der Waals surface area contributed by atoms with Gasteiger partial charge in [0.2, 0.25) is 5.91 Å². The first-order valence-electron chi connectivity index (χ1n) is 7.17. The van der Waals surface area contributed by atoms with Crippen LogP contribution in [0.3, 0.4) is 0 Å². The van der Waals surface area contributed by atoms with Crippen molar-refractivity contribution in [3.05, 3.63) is 60.2 Å². The maximum Gasteiger partial charge on any atom is 0.254 e. The van der Waals surface area contributed by atoms with Crippen molar-refractivity contribution in [2.24, 2.45) is 5.73 Å². The molecule has 22 heavy (non-hydrogen) atoms. The quantitative estimate of drug-likeness (QED) is 0.906. The number of primary amides is 1. The molecule has 2 amide bonds. The van der Waals surface area contributed by atoms with E-state index in [4.69, 9.17) is 5.73 Å². The Morgan fingerprint density at radius 2 is 1.77 bits per heavy atom. The molecule has 2 aromatic carbocycles. The van der Waals surface area contributed by atoms with Crippen LogP contribution in [0.25, 0.3) is 0 Å². The van der Waals surface area contributed by atoms with Crippen LogP contribution in [-0.2, 0) is 9.59 Å². The van der Waals surface area contributed by atoms with E-state index in [0.29, 0.717) is 0 Å². The predicted molar refractivity (Wildman–Crippen MR) is 85.4 cm³/mol. The Balaban J connectivity index is 1.97. The molecule has 0 aliphatic carbocycles. The van der Waals surface area contributed by atoms with Gasteiger partial charge in [-0.3, -0.25) is 9.59 Å². The number of nitrogens with zero attached hydrogens (tertiary/aromatic N) is 1. The molecule has 0 fully saturated rings. The molecule has 0 saturated carbocycles. The van der Waals surface area contributed by atoms with Gasteiger partial charge in [-0.05, 0) is 17.7 Å². The standard InChI is InChI=1S/C17H17N3O2/c18-15(21)10-11-20-14-9-5-4-8-13(14)19-16(17(20)22)12-6-2-1-3-7-12/h1-9,16,19H,10-11H2,(H2,18,21). The fourth-order valence-corrected chi connectivity index (χ4v) is 2.65. The fraction of sp³-hybridized carbons (Fsp3) is 0.176. The van der Waals surface area contributed by atoms with Crippen molar-refractivity contribution in [3.8, 4) is 0 Å². The Labute approximate surface area is 128 Å². The number of amides is 2. The lowest BCUT2D eigenvalue weighted by Gasteiger charge is -2.35. The summed E-state index contributed by atoms with van der Waals surface area (Å²) in [5.74, 6) is -0.494. The molecule has 3 N–H and O–H groups in total. The molecule has 3 rings (SSSR count). The van der Waals surface area contributed by atoms with Gasteiger partial charge in [-0.1, -0.05) is 42.5 Å². The van der Waals surface area contributed by atoms with Gasteiger partial charge in [-0.2, -0.15) is 0 Å². The van der Waals surface area contributed by atoms with Crippen LogP contribution in [0.1, 0.15) is 18.0 Å². The van der Waals surface area contributed by atoms with E-state index >= 15 is 0 Å². The van der Waals surface area contributed by atoms with Crippen LogP contribution in [0, 0.1) is 0 Å². The number of hydrogen-bond acceptors (Lipinski definition) is 3. The molecular formula is C17H17N3O2. The highest BCUT2D eigenvalue weighted by Gasteiger charge is 2.33. The minimum atomic E-state index is -0.455. The molecule has 1 heterocycles. The molecule has 1 unspecified atom stereocenters. The maximum absolute atomic E-state index is 12.8. The summed E-state index contributed by atoms with van der Waals surface area (Å²) in [6, 6.07) is 16.7. The van der Waals surface area contributed by atoms with Crippen molar-refractivity contribution in [3.63, 3.8) is 0 Å². The van der Waals surface area contributed by atoms with E-state index < -0.39 is 11.9 Å². The first kappa shape index (κ1) is 14.1. The van der Waals surface area contributed by atoms with Crippen molar-refractivity contribution in [1.82, 2.24) is 0 Å². The summed E-state index contributed by atoms with van der Waals surface area (Å²) in [5.41, 5.74) is 7.78. The highest BCUT2D eigenvalue weighted by molar-refractivity contribution is 6.05. The Hall–Kier alpha value is -2.82. The zero-order chi connectivity index (χ0) is 15.5. The lowest BCUT2D eigenvalue weighted by Crippen LogP contribution is -2.43. The van der Waals surface area contributed by atoms with E-state index in [1.54, 1.807) is 4.90 Å². The van der Waals surface area contributed by atoms with Crippen LogP contribution in [0.15, 0.2) is 54.6 Å². The third kappa shape index (κ3) is 2.65. The molecule has 0 aromatic heterocycles. The van der Waals surface area contributed by atoms with Crippen LogP contribution in [0.5, 0.6) is 0 Å². The summed E-state index contributed by atoms with van der Waals surface area (Å²) in [4.78, 5) is 25.5. The summed E-state index contributed by atoms with van der Waals surface area (Å²) < 4.78 is 0. The second-order valence-electron chi connectivity index (χ2n) is 5.21. The van der Waals surface area contributed by atoms with E-state index in [9.17, 15) is 9.59 Å². The molecule has 0 saturated heterocycles. The molecule has 1 aliphatic heterocycles. The first-order chi connectivity index (χ1) is 10.7. The fourth-order valence-electron chi connectivity index (χ4n) is 2.65. The monoisotopic (exact) mass is 295 g/mol. The minimum absolute atomic E-state index is 0.0776. The normalized spacial score (nSPS) is 16.8. The highest BCUT2D eigenvalue weighted by Crippen LogP contribution is 2.36. The third-order valence-electron chi connectivity index (χ3n) is 3.72. The number of hydrogen-bond donors (Lipinski definition) is 2. The number of rotatable bonds is 4. The van der Waals surface area contributed by atoms with Gasteiger partial charge in [0, 0.05) is 13.0 Å². The number of benzene rings is 2. The first-order valence-corrected chi connectivity index (χ1v) is 7.17. The molecule has 1 aliphatic rings. The summed E-state index contributed by atoms with van der Waals surface area (Å²) in [6.45, 7) is 0.288. The summed E-state index contributed by atoms with van der Waals surface area (Å²) in [5, 5.41) is 3.27. The van der Waals surface area contributed by atoms with Gasteiger partial charge in [0.25, 0.3) is 5.91 Å². The van der Waals surface area contributed by atoms with E-state index in [0.717, 1.165) is 16.9 Å². The van der Waals surface area contributed by atoms with E-state index in [2.05, 4.69) is 5.32 Å². The lowest BCUT2D eigenvalue weighted by molar-refractivity contribution is -0.120. The molecule has 0 spiro atoms. The summed E-state index contributed by atoms with van der Waals surface area (Å²) in [7, 11) is 0. The molecule has 0 radical (unpaired) electrons. The van der Waals surface area contributed by atoms with Crippen LogP contribution in [-0.4, -0.2) is 18.4 Å². The number of fused-ring (bicyclic) bond motifs is 1. The van der Waals surface area contributed by atoms with E-state index in [1.165, 1.54) is 0 Å². The van der Waals surface area contributed by atoms with Crippen LogP contribution < -0.4 is 16.0 Å². The van der Waals surface area contributed by atoms with Crippen molar-refractivity contribution in [2.45, 2.75) is 12.5 Å². The largest absolute Gasteiger partial charge is 0.370 e. The van der Waals surface area contributed by atoms with Crippen molar-refractivity contribution in [1.29, 1.82) is 0 Å². The molecule has 112 valence electrons. The van der Waals surface area contributed by atoms with Gasteiger partial charge in [0.05, 0.1) is 11.4 Å². The zero-order valence-electron chi connectivity index (χ0n) is 12.0. The topological polar surface area (TPSA) is 75.4 Å². The second-order valence-corrected chi connectivity index (χ2v) is 5.21. The number of para-hydroxylation sites is 2. The molecule has 1 atom stereocenters. The summed E-state index contributed by atoms with van der Waals surface area (Å²) in [6.07, 6.45) is 0.140.